The summed E-state index contributed by atoms with van der Waals surface area (Å²) >= 11 is 0. The van der Waals surface area contributed by atoms with Crippen molar-refractivity contribution in [1.29, 1.82) is 0 Å². The minimum absolute atomic E-state index is 0.0433. The Hall–Kier alpha value is -1.80. The summed E-state index contributed by atoms with van der Waals surface area (Å²) in [5.74, 6) is 0.875. The van der Waals surface area contributed by atoms with Crippen molar-refractivity contribution >= 4 is 0 Å². The molecule has 0 aromatic heterocycles. The van der Waals surface area contributed by atoms with E-state index >= 15 is 0 Å². The summed E-state index contributed by atoms with van der Waals surface area (Å²) in [5, 5.41) is 0. The quantitative estimate of drug-likeness (QED) is 0.906. The highest BCUT2D eigenvalue weighted by atomic mass is 16.5. The molecule has 0 saturated carbocycles. The molecule has 0 fully saturated rings. The van der Waals surface area contributed by atoms with Gasteiger partial charge < -0.3 is 10.5 Å². The third kappa shape index (κ3) is 3.36. The van der Waals surface area contributed by atoms with E-state index in [0.717, 1.165) is 17.7 Å². The van der Waals surface area contributed by atoms with Crippen molar-refractivity contribution in [3.05, 3.63) is 64.7 Å². The first-order valence-electron chi connectivity index (χ1n) is 6.56. The minimum atomic E-state index is -0.0433. The first-order chi connectivity index (χ1) is 9.10. The predicted molar refractivity (Wildman–Crippen MR) is 79.5 cm³/mol. The molecule has 19 heavy (non-hydrogen) atoms. The fourth-order valence-electron chi connectivity index (χ4n) is 2.21. The molecule has 1 atom stereocenters. The smallest absolute Gasteiger partial charge is 0.123 e. The van der Waals surface area contributed by atoms with E-state index in [0.29, 0.717) is 0 Å². The van der Waals surface area contributed by atoms with Crippen LogP contribution >= 0.6 is 0 Å². The van der Waals surface area contributed by atoms with Crippen molar-refractivity contribution in [3.63, 3.8) is 0 Å². The van der Waals surface area contributed by atoms with Gasteiger partial charge in [0.2, 0.25) is 0 Å². The Kier molecular flexibility index (Phi) is 4.23. The number of hydrogen-bond acceptors (Lipinski definition) is 2. The fourth-order valence-corrected chi connectivity index (χ4v) is 2.21. The molecule has 0 heterocycles. The molecule has 0 saturated heterocycles. The summed E-state index contributed by atoms with van der Waals surface area (Å²) in [6, 6.07) is 14.6. The predicted octanol–water partition coefficient (Wildman–Crippen LogP) is 3.55. The molecule has 2 aromatic carbocycles. The largest absolute Gasteiger partial charge is 0.496 e. The third-order valence-electron chi connectivity index (χ3n) is 3.36. The van der Waals surface area contributed by atoms with Crippen LogP contribution in [-0.4, -0.2) is 7.11 Å². The molecular formula is C17H21NO. The molecule has 2 rings (SSSR count). The monoisotopic (exact) mass is 255 g/mol. The van der Waals surface area contributed by atoms with E-state index in [2.05, 4.69) is 50.2 Å². The second-order valence-electron chi connectivity index (χ2n) is 5.04. The Bertz CT molecular complexity index is 546. The molecule has 0 spiro atoms. The van der Waals surface area contributed by atoms with E-state index in [1.807, 2.05) is 6.07 Å². The van der Waals surface area contributed by atoms with Gasteiger partial charge in [0.25, 0.3) is 0 Å². The van der Waals surface area contributed by atoms with Crippen LogP contribution in [0.15, 0.2) is 42.5 Å². The van der Waals surface area contributed by atoms with Crippen LogP contribution in [0.25, 0.3) is 0 Å². The Morgan fingerprint density at radius 1 is 1.00 bits per heavy atom. The third-order valence-corrected chi connectivity index (χ3v) is 3.36. The van der Waals surface area contributed by atoms with E-state index in [1.54, 1.807) is 7.11 Å². The zero-order chi connectivity index (χ0) is 13.8. The number of ether oxygens (including phenoxy) is 1. The maximum atomic E-state index is 6.31. The van der Waals surface area contributed by atoms with E-state index in [9.17, 15) is 0 Å². The van der Waals surface area contributed by atoms with Gasteiger partial charge in [0.1, 0.15) is 5.75 Å². The van der Waals surface area contributed by atoms with Gasteiger partial charge in [0.15, 0.2) is 0 Å². The van der Waals surface area contributed by atoms with Crippen molar-refractivity contribution in [1.82, 2.24) is 0 Å². The van der Waals surface area contributed by atoms with Crippen LogP contribution in [0.1, 0.15) is 28.3 Å². The summed E-state index contributed by atoms with van der Waals surface area (Å²) in [5.41, 5.74) is 11.1. The van der Waals surface area contributed by atoms with Crippen LogP contribution in [0.2, 0.25) is 0 Å². The summed E-state index contributed by atoms with van der Waals surface area (Å²) in [4.78, 5) is 0. The summed E-state index contributed by atoms with van der Waals surface area (Å²) in [6.45, 7) is 4.14. The van der Waals surface area contributed by atoms with Crippen molar-refractivity contribution < 1.29 is 4.74 Å². The van der Waals surface area contributed by atoms with E-state index in [4.69, 9.17) is 10.5 Å². The van der Waals surface area contributed by atoms with Crippen molar-refractivity contribution in [2.75, 3.05) is 7.11 Å². The molecule has 2 aromatic rings. The molecule has 2 nitrogen and oxygen atoms in total. The molecular weight excluding hydrogens is 234 g/mol. The number of aryl methyl sites for hydroxylation is 2. The average molecular weight is 255 g/mol. The van der Waals surface area contributed by atoms with Crippen LogP contribution in [0.3, 0.4) is 0 Å². The maximum absolute atomic E-state index is 6.31. The van der Waals surface area contributed by atoms with Gasteiger partial charge in [-0.15, -0.1) is 0 Å². The molecule has 2 N–H and O–H groups in total. The normalized spacial score (nSPS) is 12.2. The molecule has 0 radical (unpaired) electrons. The molecule has 0 amide bonds. The Balaban J connectivity index is 2.19. The van der Waals surface area contributed by atoms with Crippen LogP contribution in [0.5, 0.6) is 5.75 Å². The minimum Gasteiger partial charge on any atom is -0.496 e. The van der Waals surface area contributed by atoms with Gasteiger partial charge in [0.05, 0.1) is 7.11 Å². The SMILES string of the molecule is COc1cc(C)ccc1C(N)Cc1ccc(C)cc1. The molecule has 0 aliphatic rings. The van der Waals surface area contributed by atoms with E-state index in [-0.39, 0.29) is 6.04 Å². The van der Waals surface area contributed by atoms with Gasteiger partial charge in [-0.25, -0.2) is 0 Å². The summed E-state index contributed by atoms with van der Waals surface area (Å²) in [7, 11) is 1.69. The second kappa shape index (κ2) is 5.89. The second-order valence-corrected chi connectivity index (χ2v) is 5.04. The highest BCUT2D eigenvalue weighted by Crippen LogP contribution is 2.27. The number of rotatable bonds is 4. The van der Waals surface area contributed by atoms with Crippen molar-refractivity contribution in [3.8, 4) is 5.75 Å². The lowest BCUT2D eigenvalue weighted by Gasteiger charge is -2.16. The fraction of sp³-hybridized carbons (Fsp3) is 0.294. The van der Waals surface area contributed by atoms with Gasteiger partial charge in [0, 0.05) is 11.6 Å². The molecule has 2 heteroatoms. The lowest BCUT2D eigenvalue weighted by molar-refractivity contribution is 0.405. The Labute approximate surface area is 115 Å². The number of hydrogen-bond donors (Lipinski definition) is 1. The first-order valence-corrected chi connectivity index (χ1v) is 6.56. The van der Waals surface area contributed by atoms with Gasteiger partial charge >= 0.3 is 0 Å². The summed E-state index contributed by atoms with van der Waals surface area (Å²) < 4.78 is 5.42. The van der Waals surface area contributed by atoms with Crippen LogP contribution in [-0.2, 0) is 6.42 Å². The van der Waals surface area contributed by atoms with Crippen molar-refractivity contribution in [2.24, 2.45) is 5.73 Å². The average Bonchev–Trinajstić information content (AvgIpc) is 2.41. The molecule has 0 bridgehead atoms. The van der Waals surface area contributed by atoms with Crippen LogP contribution < -0.4 is 10.5 Å². The molecule has 0 aliphatic carbocycles. The number of nitrogens with two attached hydrogens (primary N) is 1. The lowest BCUT2D eigenvalue weighted by Crippen LogP contribution is -2.14. The lowest BCUT2D eigenvalue weighted by atomic mass is 9.97. The topological polar surface area (TPSA) is 35.2 Å². The zero-order valence-electron chi connectivity index (χ0n) is 11.8. The maximum Gasteiger partial charge on any atom is 0.123 e. The first kappa shape index (κ1) is 13.6. The molecule has 100 valence electrons. The number of methoxy groups -OCH3 is 1. The zero-order valence-corrected chi connectivity index (χ0v) is 11.8. The van der Waals surface area contributed by atoms with Crippen LogP contribution in [0.4, 0.5) is 0 Å². The highest BCUT2D eigenvalue weighted by molar-refractivity contribution is 5.40. The summed E-state index contributed by atoms with van der Waals surface area (Å²) in [6.07, 6.45) is 0.819. The standard InChI is InChI=1S/C17H21NO/c1-12-4-7-14(8-5-12)11-16(18)15-9-6-13(2)10-17(15)19-3/h4-10,16H,11,18H2,1-3H3. The Morgan fingerprint density at radius 2 is 1.63 bits per heavy atom. The van der Waals surface area contributed by atoms with E-state index < -0.39 is 0 Å². The van der Waals surface area contributed by atoms with Gasteiger partial charge in [-0.1, -0.05) is 42.0 Å². The van der Waals surface area contributed by atoms with Gasteiger partial charge in [-0.2, -0.15) is 0 Å². The Morgan fingerprint density at radius 3 is 2.26 bits per heavy atom. The molecule has 0 aliphatic heterocycles. The van der Waals surface area contributed by atoms with Crippen molar-refractivity contribution in [2.45, 2.75) is 26.3 Å². The van der Waals surface area contributed by atoms with Gasteiger partial charge in [-0.3, -0.25) is 0 Å². The molecule has 1 unspecified atom stereocenters. The van der Waals surface area contributed by atoms with E-state index in [1.165, 1.54) is 16.7 Å². The highest BCUT2D eigenvalue weighted by Gasteiger charge is 2.12. The van der Waals surface area contributed by atoms with Crippen LogP contribution in [0, 0.1) is 13.8 Å². The van der Waals surface area contributed by atoms with Gasteiger partial charge in [-0.05, 0) is 37.5 Å². The number of benzene rings is 2.